The first-order chi connectivity index (χ1) is 12.1. The van der Waals surface area contributed by atoms with E-state index in [-0.39, 0.29) is 5.41 Å². The summed E-state index contributed by atoms with van der Waals surface area (Å²) in [7, 11) is 2.02. The number of hydrogen-bond donors (Lipinski definition) is 0. The number of halogens is 1. The number of nitrogens with zero attached hydrogens (tertiary/aromatic N) is 6. The van der Waals surface area contributed by atoms with Crippen LogP contribution in [0, 0.1) is 11.2 Å². The van der Waals surface area contributed by atoms with E-state index in [1.54, 1.807) is 0 Å². The molecule has 0 bridgehead atoms. The molecule has 2 saturated heterocycles. The second-order valence-corrected chi connectivity index (χ2v) is 7.09. The van der Waals surface area contributed by atoms with E-state index in [0.717, 1.165) is 51.6 Å². The van der Waals surface area contributed by atoms with Gasteiger partial charge in [0.25, 0.3) is 0 Å². The van der Waals surface area contributed by atoms with Crippen LogP contribution in [0.5, 0.6) is 0 Å². The van der Waals surface area contributed by atoms with Gasteiger partial charge in [-0.05, 0) is 13.0 Å². The van der Waals surface area contributed by atoms with Gasteiger partial charge >= 0.3 is 0 Å². The molecule has 0 aliphatic carbocycles. The van der Waals surface area contributed by atoms with Crippen LogP contribution in [0.25, 0.3) is 0 Å². The Bertz CT molecular complexity index is 720. The van der Waals surface area contributed by atoms with E-state index in [1.807, 2.05) is 19.4 Å². The Labute approximate surface area is 146 Å². The van der Waals surface area contributed by atoms with Crippen molar-refractivity contribution in [2.75, 3.05) is 44.3 Å². The number of aromatic nitrogens is 4. The third-order valence-corrected chi connectivity index (χ3v) is 5.13. The van der Waals surface area contributed by atoms with Gasteiger partial charge in [0.2, 0.25) is 5.95 Å². The third-order valence-electron chi connectivity index (χ3n) is 5.13. The number of imidazole rings is 1. The van der Waals surface area contributed by atoms with Gasteiger partial charge in [0.1, 0.15) is 5.82 Å². The fourth-order valence-electron chi connectivity index (χ4n) is 3.79. The maximum atomic E-state index is 13.1. The van der Waals surface area contributed by atoms with E-state index in [2.05, 4.69) is 29.3 Å². The highest BCUT2D eigenvalue weighted by Gasteiger charge is 2.41. The molecule has 8 heteroatoms. The summed E-state index contributed by atoms with van der Waals surface area (Å²) in [5.41, 5.74) is 0.0550. The molecule has 1 spiro atoms. The maximum absolute atomic E-state index is 13.1. The van der Waals surface area contributed by atoms with Gasteiger partial charge < -0.3 is 14.2 Å². The molecular weight excluding hydrogens is 323 g/mol. The highest BCUT2D eigenvalue weighted by molar-refractivity contribution is 5.30. The van der Waals surface area contributed by atoms with E-state index in [9.17, 15) is 4.39 Å². The van der Waals surface area contributed by atoms with Crippen molar-refractivity contribution in [3.63, 3.8) is 0 Å². The van der Waals surface area contributed by atoms with Gasteiger partial charge in [-0.1, -0.05) is 0 Å². The van der Waals surface area contributed by atoms with Crippen LogP contribution in [0.2, 0.25) is 0 Å². The van der Waals surface area contributed by atoms with E-state index < -0.39 is 5.82 Å². The molecular formula is C17H23FN6O. The van der Waals surface area contributed by atoms with Gasteiger partial charge in [-0.25, -0.2) is 19.3 Å². The monoisotopic (exact) mass is 346 g/mol. The van der Waals surface area contributed by atoms with Crippen LogP contribution in [-0.2, 0) is 18.3 Å². The van der Waals surface area contributed by atoms with Crippen LogP contribution in [0.15, 0.2) is 24.8 Å². The molecule has 2 aliphatic heterocycles. The van der Waals surface area contributed by atoms with Crippen molar-refractivity contribution in [3.8, 4) is 0 Å². The first-order valence-electron chi connectivity index (χ1n) is 8.62. The number of hydrogen-bond acceptors (Lipinski definition) is 6. The lowest BCUT2D eigenvalue weighted by Gasteiger charge is -2.31. The van der Waals surface area contributed by atoms with Gasteiger partial charge in [-0.2, -0.15) is 0 Å². The summed E-state index contributed by atoms with van der Waals surface area (Å²) in [5, 5.41) is 0. The van der Waals surface area contributed by atoms with E-state index in [1.165, 1.54) is 12.4 Å². The first kappa shape index (κ1) is 16.4. The van der Waals surface area contributed by atoms with Crippen LogP contribution in [0.1, 0.15) is 12.2 Å². The summed E-state index contributed by atoms with van der Waals surface area (Å²) in [6.45, 7) is 5.76. The third kappa shape index (κ3) is 3.50. The molecule has 1 atom stereocenters. The molecule has 134 valence electrons. The quantitative estimate of drug-likeness (QED) is 0.829. The average molecular weight is 346 g/mol. The predicted octanol–water partition coefficient (Wildman–Crippen LogP) is 1.08. The minimum absolute atomic E-state index is 0.0550. The molecule has 2 aliphatic rings. The van der Waals surface area contributed by atoms with Gasteiger partial charge in [0.05, 0.1) is 32.2 Å². The van der Waals surface area contributed by atoms with Crippen LogP contribution >= 0.6 is 0 Å². The Hall–Kier alpha value is -2.06. The maximum Gasteiger partial charge on any atom is 0.225 e. The summed E-state index contributed by atoms with van der Waals surface area (Å²) < 4.78 is 21.1. The molecule has 2 aromatic heterocycles. The van der Waals surface area contributed by atoms with Crippen molar-refractivity contribution in [3.05, 3.63) is 36.4 Å². The summed E-state index contributed by atoms with van der Waals surface area (Å²) in [6.07, 6.45) is 7.33. The number of likely N-dealkylation sites (tertiary alicyclic amines) is 1. The zero-order valence-corrected chi connectivity index (χ0v) is 14.4. The van der Waals surface area contributed by atoms with E-state index >= 15 is 0 Å². The van der Waals surface area contributed by atoms with E-state index in [4.69, 9.17) is 4.74 Å². The predicted molar refractivity (Wildman–Crippen MR) is 90.6 cm³/mol. The molecule has 2 aromatic rings. The van der Waals surface area contributed by atoms with Crippen LogP contribution < -0.4 is 4.90 Å². The molecule has 25 heavy (non-hydrogen) atoms. The smallest absolute Gasteiger partial charge is 0.225 e. The lowest BCUT2D eigenvalue weighted by Crippen LogP contribution is -2.41. The molecule has 0 radical (unpaired) electrons. The van der Waals surface area contributed by atoms with Gasteiger partial charge in [0.15, 0.2) is 5.82 Å². The normalized spacial score (nSPS) is 24.8. The van der Waals surface area contributed by atoms with Gasteiger partial charge in [0, 0.05) is 44.5 Å². The molecule has 1 unspecified atom stereocenters. The van der Waals surface area contributed by atoms with Crippen LogP contribution in [0.4, 0.5) is 10.3 Å². The zero-order valence-electron chi connectivity index (χ0n) is 14.4. The molecule has 0 N–H and O–H groups in total. The van der Waals surface area contributed by atoms with Crippen molar-refractivity contribution in [1.29, 1.82) is 0 Å². The van der Waals surface area contributed by atoms with E-state index in [0.29, 0.717) is 12.6 Å². The van der Waals surface area contributed by atoms with Crippen molar-refractivity contribution < 1.29 is 9.13 Å². The average Bonchev–Trinajstić information content (AvgIpc) is 3.11. The highest BCUT2D eigenvalue weighted by atomic mass is 19.1. The fraction of sp³-hybridized carbons (Fsp3) is 0.588. The standard InChI is InChI=1S/C17H23FN6O/c1-22-5-3-19-15(22)10-23-4-2-17(11-23)12-24(6-7-25-13-17)16-20-8-14(18)9-21-16/h3,5,8-9H,2,4,6-7,10-13H2,1H3. The number of aryl methyl sites for hydroxylation is 1. The van der Waals surface area contributed by atoms with Crippen molar-refractivity contribution in [2.45, 2.75) is 13.0 Å². The molecule has 0 saturated carbocycles. The number of rotatable bonds is 3. The van der Waals surface area contributed by atoms with Crippen molar-refractivity contribution in [2.24, 2.45) is 12.5 Å². The number of anilines is 1. The van der Waals surface area contributed by atoms with Crippen molar-refractivity contribution >= 4 is 5.95 Å². The summed E-state index contributed by atoms with van der Waals surface area (Å²) in [5.74, 6) is 1.24. The van der Waals surface area contributed by atoms with Gasteiger partial charge in [-0.15, -0.1) is 0 Å². The Morgan fingerprint density at radius 3 is 2.80 bits per heavy atom. The van der Waals surface area contributed by atoms with Gasteiger partial charge in [-0.3, -0.25) is 4.90 Å². The topological polar surface area (TPSA) is 59.3 Å². The fourth-order valence-corrected chi connectivity index (χ4v) is 3.79. The minimum atomic E-state index is -0.411. The summed E-state index contributed by atoms with van der Waals surface area (Å²) in [6, 6.07) is 0. The molecule has 0 aromatic carbocycles. The van der Waals surface area contributed by atoms with Crippen molar-refractivity contribution in [1.82, 2.24) is 24.4 Å². The SMILES string of the molecule is Cn1ccnc1CN1CCC2(COCCN(c3ncc(F)cn3)C2)C1. The lowest BCUT2D eigenvalue weighted by molar-refractivity contribution is 0.0727. The summed E-state index contributed by atoms with van der Waals surface area (Å²) in [4.78, 5) is 17.3. The number of ether oxygens (including phenoxy) is 1. The molecule has 0 amide bonds. The minimum Gasteiger partial charge on any atom is -0.379 e. The largest absolute Gasteiger partial charge is 0.379 e. The molecule has 4 heterocycles. The second-order valence-electron chi connectivity index (χ2n) is 7.09. The molecule has 7 nitrogen and oxygen atoms in total. The summed E-state index contributed by atoms with van der Waals surface area (Å²) >= 11 is 0. The Morgan fingerprint density at radius 1 is 1.20 bits per heavy atom. The molecule has 2 fully saturated rings. The Kier molecular flexibility index (Phi) is 4.39. The Morgan fingerprint density at radius 2 is 2.04 bits per heavy atom. The second kappa shape index (κ2) is 6.68. The van der Waals surface area contributed by atoms with Crippen LogP contribution in [-0.4, -0.2) is 63.8 Å². The van der Waals surface area contributed by atoms with Crippen LogP contribution in [0.3, 0.4) is 0 Å². The zero-order chi connectivity index (χ0) is 17.3. The lowest BCUT2D eigenvalue weighted by atomic mass is 9.87. The molecule has 4 rings (SSSR count). The highest BCUT2D eigenvalue weighted by Crippen LogP contribution is 2.34. The first-order valence-corrected chi connectivity index (χ1v) is 8.62. The Balaban J connectivity index is 1.47.